The van der Waals surface area contributed by atoms with Crippen LogP contribution in [0.1, 0.15) is 12.5 Å². The zero-order valence-corrected chi connectivity index (χ0v) is 11.0. The molecular formula is C14H15NO5. The topological polar surface area (TPSA) is 84.9 Å². The van der Waals surface area contributed by atoms with Gasteiger partial charge in [-0.1, -0.05) is 30.3 Å². The molecule has 0 spiro atoms. The lowest BCUT2D eigenvalue weighted by Gasteiger charge is -2.28. The minimum Gasteiger partial charge on any atom is -0.477 e. The maximum atomic E-state index is 11.6. The van der Waals surface area contributed by atoms with Crippen LogP contribution in [-0.4, -0.2) is 29.9 Å². The van der Waals surface area contributed by atoms with E-state index in [4.69, 9.17) is 14.6 Å². The number of carboxylic acid groups (broad SMARTS) is 1. The predicted molar refractivity (Wildman–Crippen MR) is 69.8 cm³/mol. The van der Waals surface area contributed by atoms with Crippen molar-refractivity contribution in [2.75, 3.05) is 6.61 Å². The summed E-state index contributed by atoms with van der Waals surface area (Å²) in [5, 5.41) is 11.3. The number of carbonyl (C=O) groups is 2. The highest BCUT2D eigenvalue weighted by atomic mass is 16.5. The second kappa shape index (κ2) is 6.21. The molecule has 1 saturated heterocycles. The normalized spacial score (nSPS) is 19.8. The Morgan fingerprint density at radius 1 is 1.40 bits per heavy atom. The highest BCUT2D eigenvalue weighted by molar-refractivity contribution is 5.92. The molecule has 106 valence electrons. The summed E-state index contributed by atoms with van der Waals surface area (Å²) < 4.78 is 10.0. The first-order valence-corrected chi connectivity index (χ1v) is 6.13. The van der Waals surface area contributed by atoms with Crippen molar-refractivity contribution in [3.8, 4) is 0 Å². The van der Waals surface area contributed by atoms with E-state index in [0.717, 1.165) is 5.56 Å². The Bertz CT molecular complexity index is 538. The molecule has 1 aromatic rings. The first kappa shape index (κ1) is 14.1. The van der Waals surface area contributed by atoms with Crippen LogP contribution in [-0.2, 0) is 20.9 Å². The molecule has 1 atom stereocenters. The van der Waals surface area contributed by atoms with Gasteiger partial charge in [-0.2, -0.15) is 0 Å². The minimum absolute atomic E-state index is 0.0843. The van der Waals surface area contributed by atoms with Gasteiger partial charge in [-0.15, -0.1) is 0 Å². The van der Waals surface area contributed by atoms with Crippen LogP contribution in [0, 0.1) is 0 Å². The predicted octanol–water partition coefficient (Wildman–Crippen LogP) is 1.67. The van der Waals surface area contributed by atoms with E-state index in [-0.39, 0.29) is 25.0 Å². The molecule has 0 aliphatic carbocycles. The highest BCUT2D eigenvalue weighted by Gasteiger charge is 2.29. The third-order valence-electron chi connectivity index (χ3n) is 2.95. The quantitative estimate of drug-likeness (QED) is 0.818. The summed E-state index contributed by atoms with van der Waals surface area (Å²) in [5.41, 5.74) is 1.21. The molecule has 0 aromatic heterocycles. The number of alkyl carbamates (subject to hydrolysis) is 1. The van der Waals surface area contributed by atoms with Crippen molar-refractivity contribution in [2.45, 2.75) is 19.6 Å². The van der Waals surface area contributed by atoms with Crippen molar-refractivity contribution in [1.29, 1.82) is 0 Å². The van der Waals surface area contributed by atoms with Gasteiger partial charge in [-0.3, -0.25) is 5.32 Å². The first-order valence-electron chi connectivity index (χ1n) is 6.13. The van der Waals surface area contributed by atoms with Gasteiger partial charge in [0, 0.05) is 5.57 Å². The molecule has 1 unspecified atom stereocenters. The number of amides is 1. The maximum Gasteiger partial charge on any atom is 0.412 e. The molecule has 1 aliphatic rings. The molecule has 0 saturated carbocycles. The van der Waals surface area contributed by atoms with Crippen molar-refractivity contribution in [3.63, 3.8) is 0 Å². The highest BCUT2D eigenvalue weighted by Crippen LogP contribution is 2.21. The fourth-order valence-corrected chi connectivity index (χ4v) is 1.74. The number of rotatable bonds is 4. The molecule has 6 heteroatoms. The average molecular weight is 277 g/mol. The standard InChI is InChI=1S/C14H15NO5/c1-9-11(8-19-9)12(13(16)17)15-14(18)20-7-10-5-3-2-4-6-10/h2-6,9H,7-8H2,1H3,(H,15,18)(H,16,17). The molecule has 20 heavy (non-hydrogen) atoms. The maximum absolute atomic E-state index is 11.6. The molecule has 1 fully saturated rings. The van der Waals surface area contributed by atoms with Crippen LogP contribution < -0.4 is 5.32 Å². The van der Waals surface area contributed by atoms with Gasteiger partial charge in [0.2, 0.25) is 0 Å². The van der Waals surface area contributed by atoms with E-state index in [1.165, 1.54) is 0 Å². The summed E-state index contributed by atoms with van der Waals surface area (Å²) >= 11 is 0. The summed E-state index contributed by atoms with van der Waals surface area (Å²) in [6, 6.07) is 9.13. The molecule has 2 rings (SSSR count). The van der Waals surface area contributed by atoms with Crippen molar-refractivity contribution < 1.29 is 24.2 Å². The number of hydrogen-bond donors (Lipinski definition) is 2. The summed E-state index contributed by atoms with van der Waals surface area (Å²) in [6.45, 7) is 2.02. The molecule has 2 N–H and O–H groups in total. The molecule has 6 nitrogen and oxygen atoms in total. The number of aliphatic carboxylic acids is 1. The van der Waals surface area contributed by atoms with E-state index in [2.05, 4.69) is 5.32 Å². The van der Waals surface area contributed by atoms with E-state index in [1.807, 2.05) is 30.3 Å². The van der Waals surface area contributed by atoms with Crippen LogP contribution in [0.25, 0.3) is 0 Å². The molecule has 1 heterocycles. The lowest BCUT2D eigenvalue weighted by atomic mass is 10.0. The Morgan fingerprint density at radius 3 is 2.60 bits per heavy atom. The van der Waals surface area contributed by atoms with Crippen LogP contribution >= 0.6 is 0 Å². The van der Waals surface area contributed by atoms with Gasteiger partial charge in [-0.05, 0) is 12.5 Å². The van der Waals surface area contributed by atoms with Crippen LogP contribution in [0.15, 0.2) is 41.6 Å². The molecule has 0 bridgehead atoms. The largest absolute Gasteiger partial charge is 0.477 e. The third-order valence-corrected chi connectivity index (χ3v) is 2.95. The Morgan fingerprint density at radius 2 is 2.10 bits per heavy atom. The number of hydrogen-bond acceptors (Lipinski definition) is 4. The van der Waals surface area contributed by atoms with Gasteiger partial charge in [-0.25, -0.2) is 9.59 Å². The second-order valence-corrected chi connectivity index (χ2v) is 4.35. The number of nitrogens with one attached hydrogen (secondary N) is 1. The Hall–Kier alpha value is -2.34. The van der Waals surface area contributed by atoms with Gasteiger partial charge >= 0.3 is 12.1 Å². The van der Waals surface area contributed by atoms with Crippen LogP contribution in [0.5, 0.6) is 0 Å². The summed E-state index contributed by atoms with van der Waals surface area (Å²) in [5.74, 6) is -1.20. The van der Waals surface area contributed by atoms with Crippen molar-refractivity contribution in [1.82, 2.24) is 5.32 Å². The summed E-state index contributed by atoms with van der Waals surface area (Å²) in [6.07, 6.45) is -1.09. The molecular weight excluding hydrogens is 262 g/mol. The van der Waals surface area contributed by atoms with E-state index < -0.39 is 12.1 Å². The Kier molecular flexibility index (Phi) is 4.37. The fourth-order valence-electron chi connectivity index (χ4n) is 1.74. The average Bonchev–Trinajstić information content (AvgIpc) is 2.43. The van der Waals surface area contributed by atoms with Crippen molar-refractivity contribution >= 4 is 12.1 Å². The summed E-state index contributed by atoms with van der Waals surface area (Å²) in [7, 11) is 0. The third kappa shape index (κ3) is 3.36. The zero-order chi connectivity index (χ0) is 14.5. The lowest BCUT2D eigenvalue weighted by molar-refractivity contribution is -0.133. The number of ether oxygens (including phenoxy) is 2. The number of carboxylic acids is 1. The smallest absolute Gasteiger partial charge is 0.412 e. The van der Waals surface area contributed by atoms with Gasteiger partial charge in [0.15, 0.2) is 0 Å². The Balaban J connectivity index is 1.93. The lowest BCUT2D eigenvalue weighted by Crippen LogP contribution is -2.37. The minimum atomic E-state index is -1.20. The van der Waals surface area contributed by atoms with E-state index >= 15 is 0 Å². The van der Waals surface area contributed by atoms with Crippen LogP contribution in [0.3, 0.4) is 0 Å². The zero-order valence-electron chi connectivity index (χ0n) is 11.0. The monoisotopic (exact) mass is 277 g/mol. The van der Waals surface area contributed by atoms with Gasteiger partial charge < -0.3 is 14.6 Å². The molecule has 1 amide bonds. The fraction of sp³-hybridized carbons (Fsp3) is 0.286. The Labute approximate surface area is 116 Å². The van der Waals surface area contributed by atoms with Gasteiger partial charge in [0.05, 0.1) is 12.7 Å². The SMILES string of the molecule is CC1OCC1=C(NC(=O)OCc1ccccc1)C(=O)O. The summed E-state index contributed by atoms with van der Waals surface area (Å²) in [4.78, 5) is 22.7. The van der Waals surface area contributed by atoms with E-state index in [9.17, 15) is 9.59 Å². The number of carbonyl (C=O) groups excluding carboxylic acids is 1. The molecule has 0 radical (unpaired) electrons. The van der Waals surface area contributed by atoms with E-state index in [0.29, 0.717) is 5.57 Å². The number of benzene rings is 1. The van der Waals surface area contributed by atoms with Crippen molar-refractivity contribution in [2.24, 2.45) is 0 Å². The first-order chi connectivity index (χ1) is 9.58. The molecule has 1 aromatic carbocycles. The van der Waals surface area contributed by atoms with Crippen molar-refractivity contribution in [3.05, 3.63) is 47.2 Å². The van der Waals surface area contributed by atoms with Crippen LogP contribution in [0.4, 0.5) is 4.79 Å². The van der Waals surface area contributed by atoms with Gasteiger partial charge in [0.1, 0.15) is 12.3 Å². The second-order valence-electron chi connectivity index (χ2n) is 4.35. The van der Waals surface area contributed by atoms with E-state index in [1.54, 1.807) is 6.92 Å². The van der Waals surface area contributed by atoms with Gasteiger partial charge in [0.25, 0.3) is 0 Å². The molecule has 1 aliphatic heterocycles. The van der Waals surface area contributed by atoms with Crippen LogP contribution in [0.2, 0.25) is 0 Å².